The van der Waals surface area contributed by atoms with E-state index >= 15 is 0 Å². The molecule has 0 bridgehead atoms. The quantitative estimate of drug-likeness (QED) is 0.324. The van der Waals surface area contributed by atoms with Gasteiger partial charge < -0.3 is 19.3 Å². The summed E-state index contributed by atoms with van der Waals surface area (Å²) in [5, 5.41) is 10.6. The molecule has 1 saturated heterocycles. The van der Waals surface area contributed by atoms with Gasteiger partial charge in [-0.2, -0.15) is 0 Å². The van der Waals surface area contributed by atoms with Crippen LogP contribution in [0.2, 0.25) is 5.02 Å². The number of fused-ring (bicyclic) bond motifs is 1. The van der Waals surface area contributed by atoms with Crippen LogP contribution >= 0.6 is 11.6 Å². The van der Waals surface area contributed by atoms with Crippen molar-refractivity contribution in [3.05, 3.63) is 100 Å². The molecule has 5 rings (SSSR count). The third kappa shape index (κ3) is 5.47. The van der Waals surface area contributed by atoms with Crippen LogP contribution in [0.25, 0.3) is 0 Å². The van der Waals surface area contributed by atoms with Crippen molar-refractivity contribution < 1.29 is 19.3 Å². The minimum absolute atomic E-state index is 0.0921. The Labute approximate surface area is 219 Å². The summed E-state index contributed by atoms with van der Waals surface area (Å²) in [5.41, 5.74) is 4.25. The van der Waals surface area contributed by atoms with Crippen LogP contribution < -0.4 is 4.74 Å². The van der Waals surface area contributed by atoms with Crippen LogP contribution in [0.1, 0.15) is 61.0 Å². The zero-order chi connectivity index (χ0) is 25.0. The smallest absolute Gasteiger partial charge is 0.119 e. The first-order chi connectivity index (χ1) is 17.6. The van der Waals surface area contributed by atoms with Gasteiger partial charge in [0.1, 0.15) is 5.75 Å². The van der Waals surface area contributed by atoms with Crippen LogP contribution in [-0.4, -0.2) is 30.0 Å². The minimum Gasteiger partial charge on any atom is -0.494 e. The van der Waals surface area contributed by atoms with Gasteiger partial charge in [-0.15, -0.1) is 0 Å². The first-order valence-corrected chi connectivity index (χ1v) is 13.4. The van der Waals surface area contributed by atoms with Gasteiger partial charge in [0.25, 0.3) is 0 Å². The van der Waals surface area contributed by atoms with Crippen molar-refractivity contribution in [1.29, 1.82) is 0 Å². The number of benzene rings is 3. The molecule has 1 aliphatic carbocycles. The second-order valence-electron chi connectivity index (χ2n) is 9.97. The molecule has 1 aliphatic heterocycles. The summed E-state index contributed by atoms with van der Waals surface area (Å²) < 4.78 is 18.8. The Balaban J connectivity index is 1.35. The van der Waals surface area contributed by atoms with E-state index in [-0.39, 0.29) is 24.4 Å². The molecule has 2 aliphatic rings. The predicted molar refractivity (Wildman–Crippen MR) is 142 cm³/mol. The monoisotopic (exact) mass is 506 g/mol. The van der Waals surface area contributed by atoms with Gasteiger partial charge in [0.05, 0.1) is 31.0 Å². The maximum absolute atomic E-state index is 9.84. The summed E-state index contributed by atoms with van der Waals surface area (Å²) in [6.45, 7) is 3.36. The standard InChI is InChI=1S/C31H35ClO4/c1-2-34-26-11-8-22(9-12-26)18-25-19-24(10-13-28(25)32)29-20-30(35-21-23-6-4-3-5-7-23)27-14-15-31(27,36-29)16-17-33/h3-13,19,27,29-30,33H,2,14-18,20-21H2,1H3. The minimum atomic E-state index is -0.312. The molecule has 0 amide bonds. The SMILES string of the molecule is CCOc1ccc(Cc2cc(C3CC(OCc4ccccc4)C4CCC4(CCO)O3)ccc2Cl)cc1. The van der Waals surface area contributed by atoms with Crippen molar-refractivity contribution in [2.24, 2.45) is 5.92 Å². The Morgan fingerprint density at radius 2 is 1.83 bits per heavy atom. The lowest BCUT2D eigenvalue weighted by Gasteiger charge is -2.57. The van der Waals surface area contributed by atoms with Gasteiger partial charge in [0, 0.05) is 24.0 Å². The summed E-state index contributed by atoms with van der Waals surface area (Å²) in [4.78, 5) is 0. The second-order valence-corrected chi connectivity index (χ2v) is 10.4. The van der Waals surface area contributed by atoms with Crippen LogP contribution in [0.15, 0.2) is 72.8 Å². The fourth-order valence-electron chi connectivity index (χ4n) is 5.76. The number of ether oxygens (including phenoxy) is 3. The van der Waals surface area contributed by atoms with E-state index in [0.717, 1.165) is 47.6 Å². The molecule has 1 N–H and O–H groups in total. The predicted octanol–water partition coefficient (Wildman–Crippen LogP) is 6.91. The van der Waals surface area contributed by atoms with Crippen LogP contribution in [-0.2, 0) is 22.5 Å². The highest BCUT2D eigenvalue weighted by Crippen LogP contribution is 2.55. The topological polar surface area (TPSA) is 47.9 Å². The number of hydrogen-bond acceptors (Lipinski definition) is 4. The van der Waals surface area contributed by atoms with Gasteiger partial charge >= 0.3 is 0 Å². The van der Waals surface area contributed by atoms with Crippen LogP contribution in [0.3, 0.4) is 0 Å². The highest BCUT2D eigenvalue weighted by atomic mass is 35.5. The molecule has 5 heteroatoms. The molecule has 190 valence electrons. The fraction of sp³-hybridized carbons (Fsp3) is 0.419. The average molecular weight is 507 g/mol. The van der Waals surface area contributed by atoms with Crippen molar-refractivity contribution in [1.82, 2.24) is 0 Å². The van der Waals surface area contributed by atoms with Gasteiger partial charge in [-0.1, -0.05) is 66.2 Å². The number of aliphatic hydroxyl groups excluding tert-OH is 1. The summed E-state index contributed by atoms with van der Waals surface area (Å²) in [7, 11) is 0. The Bertz CT molecular complexity index is 1130. The molecular formula is C31H35ClO4. The van der Waals surface area contributed by atoms with Crippen molar-refractivity contribution >= 4 is 11.6 Å². The molecule has 4 atom stereocenters. The van der Waals surface area contributed by atoms with Crippen molar-refractivity contribution in [3.8, 4) is 5.75 Å². The van der Waals surface area contributed by atoms with Gasteiger partial charge in [-0.05, 0) is 73.1 Å². The zero-order valence-corrected chi connectivity index (χ0v) is 21.6. The summed E-state index contributed by atoms with van der Waals surface area (Å²) in [6.07, 6.45) is 4.23. The molecule has 36 heavy (non-hydrogen) atoms. The van der Waals surface area contributed by atoms with E-state index in [0.29, 0.717) is 25.6 Å². The van der Waals surface area contributed by atoms with Crippen molar-refractivity contribution in [2.75, 3.05) is 13.2 Å². The largest absolute Gasteiger partial charge is 0.494 e. The van der Waals surface area contributed by atoms with E-state index < -0.39 is 0 Å². The highest BCUT2D eigenvalue weighted by Gasteiger charge is 2.56. The number of hydrogen-bond donors (Lipinski definition) is 1. The Hall–Kier alpha value is -2.37. The molecular weight excluding hydrogens is 472 g/mol. The van der Waals surface area contributed by atoms with Gasteiger partial charge in [0.2, 0.25) is 0 Å². The Morgan fingerprint density at radius 3 is 2.53 bits per heavy atom. The lowest BCUT2D eigenvalue weighted by molar-refractivity contribution is -0.265. The number of halogens is 1. The van der Waals surface area contributed by atoms with E-state index in [1.165, 1.54) is 11.1 Å². The number of rotatable bonds is 10. The van der Waals surface area contributed by atoms with Crippen LogP contribution in [0.5, 0.6) is 5.75 Å². The molecule has 0 aromatic heterocycles. The zero-order valence-electron chi connectivity index (χ0n) is 20.9. The first kappa shape index (κ1) is 25.3. The fourth-order valence-corrected chi connectivity index (χ4v) is 5.94. The molecule has 4 nitrogen and oxygen atoms in total. The summed E-state index contributed by atoms with van der Waals surface area (Å²) in [6, 6.07) is 24.8. The molecule has 0 spiro atoms. The van der Waals surface area contributed by atoms with Crippen molar-refractivity contribution in [2.45, 2.75) is 63.4 Å². The van der Waals surface area contributed by atoms with Gasteiger partial charge in [-0.25, -0.2) is 0 Å². The second kappa shape index (κ2) is 11.4. The van der Waals surface area contributed by atoms with E-state index in [2.05, 4.69) is 36.4 Å². The summed E-state index contributed by atoms with van der Waals surface area (Å²) >= 11 is 6.63. The van der Waals surface area contributed by atoms with Crippen LogP contribution in [0, 0.1) is 5.92 Å². The van der Waals surface area contributed by atoms with E-state index in [4.69, 9.17) is 25.8 Å². The average Bonchev–Trinajstić information content (AvgIpc) is 2.88. The molecule has 3 aromatic carbocycles. The molecule has 1 heterocycles. The van der Waals surface area contributed by atoms with E-state index in [1.54, 1.807) is 0 Å². The maximum atomic E-state index is 9.84. The van der Waals surface area contributed by atoms with E-state index in [9.17, 15) is 5.11 Å². The van der Waals surface area contributed by atoms with Gasteiger partial charge in [-0.3, -0.25) is 0 Å². The maximum Gasteiger partial charge on any atom is 0.119 e. The third-order valence-electron chi connectivity index (χ3n) is 7.74. The van der Waals surface area contributed by atoms with E-state index in [1.807, 2.05) is 43.3 Å². The third-order valence-corrected chi connectivity index (χ3v) is 8.11. The lowest BCUT2D eigenvalue weighted by Crippen LogP contribution is -2.59. The lowest BCUT2D eigenvalue weighted by atomic mass is 9.62. The number of aliphatic hydroxyl groups is 1. The Morgan fingerprint density at radius 1 is 1.03 bits per heavy atom. The molecule has 0 radical (unpaired) electrons. The normalized spacial score (nSPS) is 25.1. The first-order valence-electron chi connectivity index (χ1n) is 13.0. The molecule has 3 aromatic rings. The van der Waals surface area contributed by atoms with Gasteiger partial charge in [0.15, 0.2) is 0 Å². The molecule has 4 unspecified atom stereocenters. The van der Waals surface area contributed by atoms with Crippen molar-refractivity contribution in [3.63, 3.8) is 0 Å². The van der Waals surface area contributed by atoms with Crippen LogP contribution in [0.4, 0.5) is 0 Å². The highest BCUT2D eigenvalue weighted by molar-refractivity contribution is 6.31. The summed E-state index contributed by atoms with van der Waals surface area (Å²) in [5.74, 6) is 1.20. The molecule has 1 saturated carbocycles. The Kier molecular flexibility index (Phi) is 7.97. The molecule has 2 fully saturated rings.